The number of carbonyl (C=O) groups excluding carboxylic acids is 1. The first-order valence-electron chi connectivity index (χ1n) is 6.22. The highest BCUT2D eigenvalue weighted by atomic mass is 35.5. The smallest absolute Gasteiger partial charge is 0.252 e. The highest BCUT2D eigenvalue weighted by Crippen LogP contribution is 2.35. The van der Waals surface area contributed by atoms with E-state index in [1.807, 2.05) is 37.2 Å². The van der Waals surface area contributed by atoms with E-state index in [0.717, 1.165) is 5.69 Å². The van der Waals surface area contributed by atoms with Crippen LogP contribution in [-0.2, 0) is 0 Å². The highest BCUT2D eigenvalue weighted by Gasteiger charge is 2.16. The molecular formula is C15H16ClN3O2. The second-order valence-electron chi connectivity index (χ2n) is 4.74. The molecule has 0 aromatic heterocycles. The Morgan fingerprint density at radius 3 is 2.57 bits per heavy atom. The second-order valence-corrected chi connectivity index (χ2v) is 5.14. The third kappa shape index (κ3) is 3.38. The second kappa shape index (κ2) is 5.93. The fourth-order valence-electron chi connectivity index (χ4n) is 1.84. The van der Waals surface area contributed by atoms with Crippen molar-refractivity contribution in [1.82, 2.24) is 0 Å². The molecule has 5 nitrogen and oxygen atoms in total. The summed E-state index contributed by atoms with van der Waals surface area (Å²) in [7, 11) is 3.84. The molecule has 4 N–H and O–H groups in total. The molecule has 0 unspecified atom stereocenters. The Labute approximate surface area is 128 Å². The first-order chi connectivity index (χ1) is 9.88. The van der Waals surface area contributed by atoms with E-state index in [2.05, 4.69) is 0 Å². The van der Waals surface area contributed by atoms with Gasteiger partial charge in [0.05, 0.1) is 10.6 Å². The maximum absolute atomic E-state index is 11.5. The van der Waals surface area contributed by atoms with Gasteiger partial charge in [0.2, 0.25) is 0 Å². The summed E-state index contributed by atoms with van der Waals surface area (Å²) in [5.41, 5.74) is 12.5. The topological polar surface area (TPSA) is 81.6 Å². The molecule has 0 heterocycles. The number of anilines is 2. The Morgan fingerprint density at radius 2 is 1.95 bits per heavy atom. The fraction of sp³-hybridized carbons (Fsp3) is 0.133. The number of hydrogen-bond acceptors (Lipinski definition) is 4. The number of nitrogen functional groups attached to an aromatic ring is 1. The predicted octanol–water partition coefficient (Wildman–Crippen LogP) is 2.88. The van der Waals surface area contributed by atoms with Gasteiger partial charge in [-0.15, -0.1) is 0 Å². The number of carbonyl (C=O) groups is 1. The molecule has 0 atom stereocenters. The van der Waals surface area contributed by atoms with Crippen molar-refractivity contribution in [2.75, 3.05) is 24.7 Å². The van der Waals surface area contributed by atoms with Gasteiger partial charge in [0.1, 0.15) is 5.75 Å². The number of nitrogens with two attached hydrogens (primary N) is 2. The van der Waals surface area contributed by atoms with Gasteiger partial charge in [0.15, 0.2) is 5.75 Å². The molecule has 0 radical (unpaired) electrons. The number of halogens is 1. The Balaban J connectivity index is 2.44. The van der Waals surface area contributed by atoms with Gasteiger partial charge in [-0.05, 0) is 24.3 Å². The van der Waals surface area contributed by atoms with E-state index in [0.29, 0.717) is 11.4 Å². The Kier molecular flexibility index (Phi) is 4.23. The van der Waals surface area contributed by atoms with Crippen LogP contribution in [0.25, 0.3) is 0 Å². The van der Waals surface area contributed by atoms with Gasteiger partial charge >= 0.3 is 0 Å². The molecule has 0 saturated carbocycles. The van der Waals surface area contributed by atoms with Crippen LogP contribution in [0.4, 0.5) is 11.4 Å². The quantitative estimate of drug-likeness (QED) is 0.851. The molecule has 0 saturated heterocycles. The normalized spacial score (nSPS) is 10.2. The third-order valence-electron chi connectivity index (χ3n) is 2.89. The monoisotopic (exact) mass is 305 g/mol. The fourth-order valence-corrected chi connectivity index (χ4v) is 2.11. The van der Waals surface area contributed by atoms with Crippen molar-refractivity contribution >= 4 is 28.9 Å². The zero-order chi connectivity index (χ0) is 15.6. The first-order valence-corrected chi connectivity index (χ1v) is 6.60. The molecule has 0 aliphatic heterocycles. The summed E-state index contributed by atoms with van der Waals surface area (Å²) in [6.07, 6.45) is 0. The number of nitrogens with zero attached hydrogens (tertiary/aromatic N) is 1. The van der Waals surface area contributed by atoms with E-state index in [-0.39, 0.29) is 16.3 Å². The van der Waals surface area contributed by atoms with Crippen molar-refractivity contribution in [2.24, 2.45) is 5.73 Å². The van der Waals surface area contributed by atoms with Crippen LogP contribution in [0.3, 0.4) is 0 Å². The standard InChI is InChI=1S/C15H16ClN3O2/c1-19(2)10-4-3-5-11(8-10)21-14-12(15(18)20)6-9(17)7-13(14)16/h3-8H,17H2,1-2H3,(H2,18,20). The van der Waals surface area contributed by atoms with Crippen molar-refractivity contribution in [2.45, 2.75) is 0 Å². The van der Waals surface area contributed by atoms with Gasteiger partial charge in [0.25, 0.3) is 5.91 Å². The zero-order valence-electron chi connectivity index (χ0n) is 11.8. The number of ether oxygens (including phenoxy) is 1. The van der Waals surface area contributed by atoms with Gasteiger partial charge in [0, 0.05) is 31.5 Å². The van der Waals surface area contributed by atoms with E-state index in [1.54, 1.807) is 6.07 Å². The molecule has 2 aromatic carbocycles. The van der Waals surface area contributed by atoms with E-state index in [1.165, 1.54) is 12.1 Å². The lowest BCUT2D eigenvalue weighted by atomic mass is 10.1. The molecule has 0 spiro atoms. The summed E-state index contributed by atoms with van der Waals surface area (Å²) in [6.45, 7) is 0. The minimum atomic E-state index is -0.650. The van der Waals surface area contributed by atoms with Crippen LogP contribution in [0.2, 0.25) is 5.02 Å². The first kappa shape index (κ1) is 15.0. The average molecular weight is 306 g/mol. The van der Waals surface area contributed by atoms with E-state index in [4.69, 9.17) is 27.8 Å². The van der Waals surface area contributed by atoms with Crippen molar-refractivity contribution in [3.63, 3.8) is 0 Å². The number of amides is 1. The van der Waals surface area contributed by atoms with Crippen LogP contribution in [0, 0.1) is 0 Å². The molecule has 21 heavy (non-hydrogen) atoms. The number of hydrogen-bond donors (Lipinski definition) is 2. The van der Waals surface area contributed by atoms with Crippen molar-refractivity contribution in [3.05, 3.63) is 47.0 Å². The molecule has 6 heteroatoms. The van der Waals surface area contributed by atoms with Crippen LogP contribution in [0.5, 0.6) is 11.5 Å². The number of benzene rings is 2. The van der Waals surface area contributed by atoms with Gasteiger partial charge in [-0.3, -0.25) is 4.79 Å². The summed E-state index contributed by atoms with van der Waals surface area (Å²) >= 11 is 6.11. The van der Waals surface area contributed by atoms with Crippen molar-refractivity contribution in [1.29, 1.82) is 0 Å². The predicted molar refractivity (Wildman–Crippen MR) is 85.2 cm³/mol. The van der Waals surface area contributed by atoms with Crippen molar-refractivity contribution < 1.29 is 9.53 Å². The summed E-state index contributed by atoms with van der Waals surface area (Å²) in [5, 5.41) is 0.235. The largest absolute Gasteiger partial charge is 0.455 e. The van der Waals surface area contributed by atoms with Crippen LogP contribution in [0.15, 0.2) is 36.4 Å². The number of primary amides is 1. The third-order valence-corrected chi connectivity index (χ3v) is 3.17. The molecular weight excluding hydrogens is 290 g/mol. The number of rotatable bonds is 4. The molecule has 2 rings (SSSR count). The maximum Gasteiger partial charge on any atom is 0.252 e. The Morgan fingerprint density at radius 1 is 1.24 bits per heavy atom. The summed E-state index contributed by atoms with van der Waals surface area (Å²) < 4.78 is 5.73. The van der Waals surface area contributed by atoms with Crippen LogP contribution < -0.4 is 21.1 Å². The molecule has 2 aromatic rings. The summed E-state index contributed by atoms with van der Waals surface area (Å²) in [5.74, 6) is 0.104. The Hall–Kier alpha value is -2.40. The van der Waals surface area contributed by atoms with E-state index >= 15 is 0 Å². The SMILES string of the molecule is CN(C)c1cccc(Oc2c(Cl)cc(N)cc2C(N)=O)c1. The molecule has 0 aliphatic carbocycles. The Bertz CT molecular complexity index is 687. The molecule has 0 bridgehead atoms. The molecule has 0 fully saturated rings. The van der Waals surface area contributed by atoms with Gasteiger partial charge in [-0.1, -0.05) is 17.7 Å². The van der Waals surface area contributed by atoms with E-state index in [9.17, 15) is 4.79 Å². The molecule has 110 valence electrons. The molecule has 1 amide bonds. The van der Waals surface area contributed by atoms with Crippen LogP contribution >= 0.6 is 11.6 Å². The van der Waals surface area contributed by atoms with Gasteiger partial charge in [-0.25, -0.2) is 0 Å². The average Bonchev–Trinajstić information content (AvgIpc) is 2.41. The summed E-state index contributed by atoms with van der Waals surface area (Å²) in [4.78, 5) is 13.4. The van der Waals surface area contributed by atoms with Crippen LogP contribution in [0.1, 0.15) is 10.4 Å². The lowest BCUT2D eigenvalue weighted by molar-refractivity contribution is 0.0998. The van der Waals surface area contributed by atoms with Gasteiger partial charge < -0.3 is 21.1 Å². The maximum atomic E-state index is 11.5. The molecule has 0 aliphatic rings. The van der Waals surface area contributed by atoms with Crippen LogP contribution in [-0.4, -0.2) is 20.0 Å². The zero-order valence-corrected chi connectivity index (χ0v) is 12.5. The van der Waals surface area contributed by atoms with Crippen molar-refractivity contribution in [3.8, 4) is 11.5 Å². The lowest BCUT2D eigenvalue weighted by Gasteiger charge is -2.15. The van der Waals surface area contributed by atoms with Gasteiger partial charge in [-0.2, -0.15) is 0 Å². The summed E-state index contributed by atoms with van der Waals surface area (Å²) in [6, 6.07) is 10.3. The lowest BCUT2D eigenvalue weighted by Crippen LogP contribution is -2.13. The highest BCUT2D eigenvalue weighted by molar-refractivity contribution is 6.33. The minimum Gasteiger partial charge on any atom is -0.455 e. The van der Waals surface area contributed by atoms with E-state index < -0.39 is 5.91 Å². The minimum absolute atomic E-state index is 0.148.